The molecule has 1 spiro atoms. The van der Waals surface area contributed by atoms with Crippen molar-refractivity contribution in [3.05, 3.63) is 18.2 Å². The summed E-state index contributed by atoms with van der Waals surface area (Å²) in [6.07, 6.45) is 5.85. The molecule has 0 unspecified atom stereocenters. The summed E-state index contributed by atoms with van der Waals surface area (Å²) in [5.74, 6) is 0.448. The highest BCUT2D eigenvalue weighted by atomic mass is 16.5. The van der Waals surface area contributed by atoms with Gasteiger partial charge in [-0.2, -0.15) is 0 Å². The molecule has 1 saturated carbocycles. The van der Waals surface area contributed by atoms with Gasteiger partial charge in [0.2, 0.25) is 5.91 Å². The highest BCUT2D eigenvalue weighted by molar-refractivity contribution is 6.10. The van der Waals surface area contributed by atoms with E-state index in [1.165, 1.54) is 0 Å². The minimum Gasteiger partial charge on any atom is -0.490 e. The Morgan fingerprint density at radius 3 is 2.40 bits per heavy atom. The van der Waals surface area contributed by atoms with Gasteiger partial charge >= 0.3 is 6.03 Å². The molecule has 2 N–H and O–H groups in total. The van der Waals surface area contributed by atoms with Crippen LogP contribution in [0.25, 0.3) is 0 Å². The number of ether oxygens (including phenoxy) is 2. The van der Waals surface area contributed by atoms with Crippen molar-refractivity contribution in [2.45, 2.75) is 64.3 Å². The third-order valence-electron chi connectivity index (χ3n) is 5.41. The Labute approximate surface area is 177 Å². The molecule has 2 fully saturated rings. The van der Waals surface area contributed by atoms with E-state index in [-0.39, 0.29) is 12.5 Å². The Kier molecular flexibility index (Phi) is 7.18. The molecule has 2 aliphatic rings. The molecule has 0 aromatic heterocycles. The number of benzene rings is 1. The maximum Gasteiger partial charge on any atom is 0.325 e. The zero-order chi connectivity index (χ0) is 21.6. The van der Waals surface area contributed by atoms with Crippen LogP contribution in [0.1, 0.15) is 58.8 Å². The zero-order valence-electron chi connectivity index (χ0n) is 17.8. The monoisotopic (exact) mass is 417 g/mol. The fourth-order valence-electron chi connectivity index (χ4n) is 3.90. The second-order valence-electron chi connectivity index (χ2n) is 7.87. The van der Waals surface area contributed by atoms with Gasteiger partial charge in [0, 0.05) is 11.8 Å². The molecule has 3 rings (SSSR count). The van der Waals surface area contributed by atoms with Gasteiger partial charge in [-0.15, -0.1) is 0 Å². The van der Waals surface area contributed by atoms with Gasteiger partial charge < -0.3 is 20.1 Å². The normalized spacial score (nSPS) is 17.7. The first-order valence-electron chi connectivity index (χ1n) is 10.8. The van der Waals surface area contributed by atoms with E-state index in [9.17, 15) is 14.4 Å². The number of urea groups is 1. The van der Waals surface area contributed by atoms with Crippen molar-refractivity contribution in [1.29, 1.82) is 0 Å². The van der Waals surface area contributed by atoms with Crippen LogP contribution in [-0.4, -0.2) is 48.0 Å². The van der Waals surface area contributed by atoms with Crippen LogP contribution >= 0.6 is 0 Å². The third kappa shape index (κ3) is 4.86. The van der Waals surface area contributed by atoms with E-state index >= 15 is 0 Å². The third-order valence-corrected chi connectivity index (χ3v) is 5.41. The molecule has 164 valence electrons. The number of rotatable bonds is 9. The Morgan fingerprint density at radius 2 is 1.73 bits per heavy atom. The summed E-state index contributed by atoms with van der Waals surface area (Å²) < 4.78 is 11.4. The number of imide groups is 1. The molecule has 1 aliphatic carbocycles. The lowest BCUT2D eigenvalue weighted by Gasteiger charge is -2.30. The smallest absolute Gasteiger partial charge is 0.325 e. The lowest BCUT2D eigenvalue weighted by molar-refractivity contribution is -0.134. The fraction of sp³-hybridized carbons (Fsp3) is 0.591. The number of nitrogens with one attached hydrogen (secondary N) is 2. The van der Waals surface area contributed by atoms with E-state index in [0.717, 1.165) is 37.0 Å². The number of nitrogens with zero attached hydrogens (tertiary/aromatic N) is 1. The van der Waals surface area contributed by atoms with Crippen molar-refractivity contribution in [1.82, 2.24) is 10.2 Å². The highest BCUT2D eigenvalue weighted by Crippen LogP contribution is 2.34. The van der Waals surface area contributed by atoms with Gasteiger partial charge in [0.1, 0.15) is 12.1 Å². The van der Waals surface area contributed by atoms with Crippen molar-refractivity contribution in [3.63, 3.8) is 0 Å². The van der Waals surface area contributed by atoms with Gasteiger partial charge in [-0.1, -0.05) is 33.1 Å². The maximum absolute atomic E-state index is 12.8. The van der Waals surface area contributed by atoms with Crippen molar-refractivity contribution in [3.8, 4) is 11.5 Å². The summed E-state index contributed by atoms with van der Waals surface area (Å²) in [5, 5.41) is 5.57. The first-order valence-corrected chi connectivity index (χ1v) is 10.8. The van der Waals surface area contributed by atoms with E-state index in [1.807, 2.05) is 13.8 Å². The lowest BCUT2D eigenvalue weighted by atomic mass is 9.82. The SMILES string of the molecule is CCCOc1ccc(NC(=O)CN2C(=O)NC3(CCCCC3)C2=O)cc1OCCC. The molecule has 1 heterocycles. The summed E-state index contributed by atoms with van der Waals surface area (Å²) in [4.78, 5) is 38.7. The number of carbonyl (C=O) groups excluding carboxylic acids is 3. The van der Waals surface area contributed by atoms with Crippen LogP contribution in [0.5, 0.6) is 11.5 Å². The van der Waals surface area contributed by atoms with E-state index in [2.05, 4.69) is 10.6 Å². The first kappa shape index (κ1) is 21.9. The molecular formula is C22H31N3O5. The van der Waals surface area contributed by atoms with Crippen molar-refractivity contribution < 1.29 is 23.9 Å². The van der Waals surface area contributed by atoms with E-state index in [0.29, 0.717) is 43.2 Å². The number of anilines is 1. The fourth-order valence-corrected chi connectivity index (χ4v) is 3.90. The van der Waals surface area contributed by atoms with Crippen LogP contribution < -0.4 is 20.1 Å². The number of hydrogen-bond donors (Lipinski definition) is 2. The maximum atomic E-state index is 12.8. The van der Waals surface area contributed by atoms with Gasteiger partial charge in [-0.25, -0.2) is 4.79 Å². The van der Waals surface area contributed by atoms with Crippen LogP contribution in [-0.2, 0) is 9.59 Å². The molecule has 1 aliphatic heterocycles. The first-order chi connectivity index (χ1) is 14.5. The average Bonchev–Trinajstić information content (AvgIpc) is 2.95. The van der Waals surface area contributed by atoms with Crippen LogP contribution in [0.15, 0.2) is 18.2 Å². The molecule has 1 aromatic carbocycles. The summed E-state index contributed by atoms with van der Waals surface area (Å²) in [6, 6.07) is 4.68. The second-order valence-corrected chi connectivity index (χ2v) is 7.87. The highest BCUT2D eigenvalue weighted by Gasteiger charge is 2.51. The quantitative estimate of drug-likeness (QED) is 0.600. The summed E-state index contributed by atoms with van der Waals surface area (Å²) in [6.45, 7) is 4.82. The topological polar surface area (TPSA) is 97.0 Å². The van der Waals surface area contributed by atoms with Crippen molar-refractivity contribution in [2.24, 2.45) is 0 Å². The lowest BCUT2D eigenvalue weighted by Crippen LogP contribution is -2.48. The Balaban J connectivity index is 1.65. The molecule has 0 atom stereocenters. The Morgan fingerprint density at radius 1 is 1.07 bits per heavy atom. The molecule has 8 nitrogen and oxygen atoms in total. The second kappa shape index (κ2) is 9.82. The largest absolute Gasteiger partial charge is 0.490 e. The molecule has 30 heavy (non-hydrogen) atoms. The summed E-state index contributed by atoms with van der Waals surface area (Å²) >= 11 is 0. The van der Waals surface area contributed by atoms with Gasteiger partial charge in [0.15, 0.2) is 11.5 Å². The van der Waals surface area contributed by atoms with Gasteiger partial charge in [-0.3, -0.25) is 14.5 Å². The molecule has 1 saturated heterocycles. The Hall–Kier alpha value is -2.77. The summed E-state index contributed by atoms with van der Waals surface area (Å²) in [5.41, 5.74) is -0.302. The molecule has 8 heteroatoms. The van der Waals surface area contributed by atoms with Crippen LogP contribution in [0.2, 0.25) is 0 Å². The molecule has 0 radical (unpaired) electrons. The van der Waals surface area contributed by atoms with E-state index in [1.54, 1.807) is 18.2 Å². The van der Waals surface area contributed by atoms with Crippen LogP contribution in [0, 0.1) is 0 Å². The van der Waals surface area contributed by atoms with Gasteiger partial charge in [0.05, 0.1) is 13.2 Å². The molecular weight excluding hydrogens is 386 g/mol. The minimum atomic E-state index is -0.824. The van der Waals surface area contributed by atoms with E-state index in [4.69, 9.17) is 9.47 Å². The molecule has 0 bridgehead atoms. The van der Waals surface area contributed by atoms with Gasteiger partial charge in [0.25, 0.3) is 5.91 Å². The molecule has 4 amide bonds. The zero-order valence-corrected chi connectivity index (χ0v) is 17.8. The number of amides is 4. The van der Waals surface area contributed by atoms with Gasteiger partial charge in [-0.05, 0) is 37.8 Å². The average molecular weight is 418 g/mol. The van der Waals surface area contributed by atoms with Crippen molar-refractivity contribution in [2.75, 3.05) is 25.1 Å². The standard InChI is InChI=1S/C22H31N3O5/c1-3-12-29-17-9-8-16(14-18(17)30-13-4-2)23-19(26)15-25-20(27)22(24-21(25)28)10-6-5-7-11-22/h8-9,14H,3-7,10-13,15H2,1-2H3,(H,23,26)(H,24,28). The van der Waals surface area contributed by atoms with Crippen molar-refractivity contribution >= 4 is 23.5 Å². The van der Waals surface area contributed by atoms with E-state index < -0.39 is 17.5 Å². The number of carbonyl (C=O) groups is 3. The minimum absolute atomic E-state index is 0.294. The number of hydrogen-bond acceptors (Lipinski definition) is 5. The molecule has 1 aromatic rings. The summed E-state index contributed by atoms with van der Waals surface area (Å²) in [7, 11) is 0. The van der Waals surface area contributed by atoms with Crippen LogP contribution in [0.3, 0.4) is 0 Å². The van der Waals surface area contributed by atoms with Crippen LogP contribution in [0.4, 0.5) is 10.5 Å². The Bertz CT molecular complexity index is 789. The predicted molar refractivity (Wildman–Crippen MR) is 113 cm³/mol. The predicted octanol–water partition coefficient (Wildman–Crippen LogP) is 3.46.